The summed E-state index contributed by atoms with van der Waals surface area (Å²) in [5.41, 5.74) is 1.92. The summed E-state index contributed by atoms with van der Waals surface area (Å²) in [6.07, 6.45) is 0. The summed E-state index contributed by atoms with van der Waals surface area (Å²) >= 11 is 0. The number of esters is 1. The number of H-pyrrole nitrogens is 1. The highest BCUT2D eigenvalue weighted by Crippen LogP contribution is 2.17. The van der Waals surface area contributed by atoms with E-state index in [0.717, 1.165) is 10.5 Å². The summed E-state index contributed by atoms with van der Waals surface area (Å²) < 4.78 is 17.9. The lowest BCUT2D eigenvalue weighted by atomic mass is 10.1. The zero-order valence-corrected chi connectivity index (χ0v) is 16.1. The second-order valence-corrected chi connectivity index (χ2v) is 6.41. The van der Waals surface area contributed by atoms with Crippen molar-refractivity contribution in [2.75, 3.05) is 25.5 Å². The third-order valence-electron chi connectivity index (χ3n) is 4.13. The summed E-state index contributed by atoms with van der Waals surface area (Å²) in [7, 11) is 1.41. The normalized spacial score (nSPS) is 10.3. The molecule has 0 saturated carbocycles. The standard InChI is InChI=1S/C21H19FN4O4/c1-26(12-19(27)23-16-9-7-15(22)8-10-16)20(28)13-30-21(29)18-11-17(24-25-18)14-5-3-2-4-6-14/h2-11H,12-13H2,1H3,(H,23,27)(H,24,25). The van der Waals surface area contributed by atoms with Gasteiger partial charge in [0, 0.05) is 18.3 Å². The van der Waals surface area contributed by atoms with Gasteiger partial charge in [-0.2, -0.15) is 5.10 Å². The second kappa shape index (κ2) is 9.46. The summed E-state index contributed by atoms with van der Waals surface area (Å²) in [6.45, 7) is -0.783. The van der Waals surface area contributed by atoms with Crippen molar-refractivity contribution in [1.82, 2.24) is 15.1 Å². The molecule has 2 amide bonds. The molecule has 0 radical (unpaired) electrons. The molecule has 0 saturated heterocycles. The SMILES string of the molecule is CN(CC(=O)Nc1ccc(F)cc1)C(=O)COC(=O)c1cc(-c2ccccc2)n[nH]1. The van der Waals surface area contributed by atoms with Crippen LogP contribution in [0.4, 0.5) is 10.1 Å². The number of carbonyl (C=O) groups excluding carboxylic acids is 3. The van der Waals surface area contributed by atoms with Crippen LogP contribution in [0.2, 0.25) is 0 Å². The molecule has 9 heteroatoms. The molecule has 0 bridgehead atoms. The minimum Gasteiger partial charge on any atom is -0.451 e. The maximum atomic E-state index is 12.9. The van der Waals surface area contributed by atoms with Crippen LogP contribution in [0.5, 0.6) is 0 Å². The molecule has 0 aliphatic carbocycles. The largest absolute Gasteiger partial charge is 0.451 e. The van der Waals surface area contributed by atoms with Crippen molar-refractivity contribution in [3.63, 3.8) is 0 Å². The first-order valence-electron chi connectivity index (χ1n) is 8.99. The number of nitrogens with zero attached hydrogens (tertiary/aromatic N) is 2. The number of halogens is 1. The molecule has 0 fully saturated rings. The Hall–Kier alpha value is -4.01. The number of benzene rings is 2. The highest BCUT2D eigenvalue weighted by atomic mass is 19.1. The molecule has 0 aliphatic heterocycles. The lowest BCUT2D eigenvalue weighted by Crippen LogP contribution is -2.37. The Kier molecular flexibility index (Phi) is 6.53. The number of nitrogens with one attached hydrogen (secondary N) is 2. The monoisotopic (exact) mass is 410 g/mol. The van der Waals surface area contributed by atoms with Crippen molar-refractivity contribution in [3.05, 3.63) is 72.2 Å². The molecule has 2 aromatic carbocycles. The first kappa shape index (κ1) is 20.7. The van der Waals surface area contributed by atoms with E-state index in [1.165, 1.54) is 37.4 Å². The Morgan fingerprint density at radius 1 is 1.10 bits per heavy atom. The van der Waals surface area contributed by atoms with E-state index >= 15 is 0 Å². The first-order valence-corrected chi connectivity index (χ1v) is 8.99. The summed E-state index contributed by atoms with van der Waals surface area (Å²) in [6, 6.07) is 16.0. The molecule has 0 unspecified atom stereocenters. The number of amides is 2. The summed E-state index contributed by atoms with van der Waals surface area (Å²) in [5, 5.41) is 9.18. The van der Waals surface area contributed by atoms with Crippen molar-refractivity contribution >= 4 is 23.5 Å². The van der Waals surface area contributed by atoms with Crippen molar-refractivity contribution in [2.24, 2.45) is 0 Å². The van der Waals surface area contributed by atoms with Crippen LogP contribution in [-0.2, 0) is 14.3 Å². The molecule has 154 valence electrons. The van der Waals surface area contributed by atoms with Crippen molar-refractivity contribution < 1.29 is 23.5 Å². The molecule has 3 rings (SSSR count). The maximum absolute atomic E-state index is 12.9. The van der Waals surface area contributed by atoms with E-state index in [9.17, 15) is 18.8 Å². The van der Waals surface area contributed by atoms with Gasteiger partial charge in [-0.1, -0.05) is 30.3 Å². The van der Waals surface area contributed by atoms with Crippen LogP contribution in [0.1, 0.15) is 10.5 Å². The molecule has 0 atom stereocenters. The van der Waals surface area contributed by atoms with Gasteiger partial charge in [-0.25, -0.2) is 9.18 Å². The quantitative estimate of drug-likeness (QED) is 0.583. The number of hydrogen-bond donors (Lipinski definition) is 2. The Morgan fingerprint density at radius 3 is 2.50 bits per heavy atom. The van der Waals surface area contributed by atoms with Crippen LogP contribution in [0, 0.1) is 5.82 Å². The predicted octanol–water partition coefficient (Wildman–Crippen LogP) is 2.47. The van der Waals surface area contributed by atoms with Crippen LogP contribution in [0.25, 0.3) is 11.3 Å². The smallest absolute Gasteiger partial charge is 0.356 e. The zero-order chi connectivity index (χ0) is 21.5. The molecular formula is C21H19FN4O4. The van der Waals surface area contributed by atoms with E-state index in [0.29, 0.717) is 11.4 Å². The highest BCUT2D eigenvalue weighted by Gasteiger charge is 2.18. The second-order valence-electron chi connectivity index (χ2n) is 6.41. The average Bonchev–Trinajstić information content (AvgIpc) is 3.24. The molecule has 1 aromatic heterocycles. The van der Waals surface area contributed by atoms with E-state index in [4.69, 9.17) is 4.74 Å². The summed E-state index contributed by atoms with van der Waals surface area (Å²) in [4.78, 5) is 37.4. The van der Waals surface area contributed by atoms with Gasteiger partial charge in [0.1, 0.15) is 11.5 Å². The van der Waals surface area contributed by atoms with Crippen molar-refractivity contribution in [3.8, 4) is 11.3 Å². The van der Waals surface area contributed by atoms with Gasteiger partial charge in [0.05, 0.1) is 12.2 Å². The number of aromatic amines is 1. The minimum absolute atomic E-state index is 0.110. The van der Waals surface area contributed by atoms with Crippen LogP contribution in [0.3, 0.4) is 0 Å². The Labute approximate surface area is 171 Å². The van der Waals surface area contributed by atoms with Gasteiger partial charge in [0.15, 0.2) is 6.61 Å². The Balaban J connectivity index is 1.47. The number of likely N-dealkylation sites (N-methyl/N-ethyl adjacent to an activating group) is 1. The molecule has 30 heavy (non-hydrogen) atoms. The fourth-order valence-electron chi connectivity index (χ4n) is 2.54. The lowest BCUT2D eigenvalue weighted by molar-refractivity contribution is -0.136. The van der Waals surface area contributed by atoms with Gasteiger partial charge in [-0.05, 0) is 30.3 Å². The number of carbonyl (C=O) groups is 3. The van der Waals surface area contributed by atoms with Gasteiger partial charge >= 0.3 is 5.97 Å². The van der Waals surface area contributed by atoms with Crippen molar-refractivity contribution in [2.45, 2.75) is 0 Å². The van der Waals surface area contributed by atoms with Crippen LogP contribution < -0.4 is 5.32 Å². The van der Waals surface area contributed by atoms with Crippen LogP contribution >= 0.6 is 0 Å². The Bertz CT molecular complexity index is 1030. The highest BCUT2D eigenvalue weighted by molar-refractivity contribution is 5.95. The van der Waals surface area contributed by atoms with E-state index in [2.05, 4.69) is 15.5 Å². The molecule has 0 aliphatic rings. The third-order valence-corrected chi connectivity index (χ3v) is 4.13. The van der Waals surface area contributed by atoms with E-state index in [-0.39, 0.29) is 12.2 Å². The van der Waals surface area contributed by atoms with E-state index < -0.39 is 30.2 Å². The third kappa shape index (κ3) is 5.51. The minimum atomic E-state index is -0.734. The van der Waals surface area contributed by atoms with Gasteiger partial charge < -0.3 is 15.0 Å². The fraction of sp³-hybridized carbons (Fsp3) is 0.143. The first-order chi connectivity index (χ1) is 14.4. The van der Waals surface area contributed by atoms with Gasteiger partial charge in [-0.3, -0.25) is 14.7 Å². The Morgan fingerprint density at radius 2 is 1.80 bits per heavy atom. The van der Waals surface area contributed by atoms with E-state index in [1.807, 2.05) is 30.3 Å². The molecule has 3 aromatic rings. The molecule has 8 nitrogen and oxygen atoms in total. The van der Waals surface area contributed by atoms with Gasteiger partial charge in [0.25, 0.3) is 5.91 Å². The lowest BCUT2D eigenvalue weighted by Gasteiger charge is -2.16. The fourth-order valence-corrected chi connectivity index (χ4v) is 2.54. The molecule has 1 heterocycles. The maximum Gasteiger partial charge on any atom is 0.356 e. The number of ether oxygens (including phenoxy) is 1. The predicted molar refractivity (Wildman–Crippen MR) is 107 cm³/mol. The van der Waals surface area contributed by atoms with Gasteiger partial charge in [-0.15, -0.1) is 0 Å². The molecule has 0 spiro atoms. The number of hydrogen-bond acceptors (Lipinski definition) is 5. The number of anilines is 1. The van der Waals surface area contributed by atoms with E-state index in [1.54, 1.807) is 0 Å². The summed E-state index contributed by atoms with van der Waals surface area (Å²) in [5.74, 6) is -2.18. The molecular weight excluding hydrogens is 391 g/mol. The average molecular weight is 410 g/mol. The van der Waals surface area contributed by atoms with Crippen molar-refractivity contribution in [1.29, 1.82) is 0 Å². The van der Waals surface area contributed by atoms with Crippen LogP contribution in [-0.4, -0.2) is 53.1 Å². The van der Waals surface area contributed by atoms with Gasteiger partial charge in [0.2, 0.25) is 5.91 Å². The topological polar surface area (TPSA) is 104 Å². The van der Waals surface area contributed by atoms with Crippen LogP contribution in [0.15, 0.2) is 60.7 Å². The zero-order valence-electron chi connectivity index (χ0n) is 16.1. The number of rotatable bonds is 7. The number of aromatic nitrogens is 2. The molecule has 2 N–H and O–H groups in total.